The third-order valence-electron chi connectivity index (χ3n) is 4.21. The molecule has 0 bridgehead atoms. The Kier molecular flexibility index (Phi) is 5.81. The van der Waals surface area contributed by atoms with Gasteiger partial charge in [-0.05, 0) is 56.3 Å². The molecular formula is C19H18ClN3O5S. The zero-order chi connectivity index (χ0) is 21.2. The highest BCUT2D eigenvalue weighted by Crippen LogP contribution is 2.25. The first-order valence-corrected chi connectivity index (χ1v) is 10.3. The number of methoxy groups -OCH3 is 1. The number of anilines is 2. The minimum Gasteiger partial charge on any atom is -0.496 e. The Morgan fingerprint density at radius 1 is 1.14 bits per heavy atom. The van der Waals surface area contributed by atoms with Crippen molar-refractivity contribution >= 4 is 39.1 Å². The summed E-state index contributed by atoms with van der Waals surface area (Å²) in [6, 6.07) is 10.4. The van der Waals surface area contributed by atoms with Crippen LogP contribution < -0.4 is 14.8 Å². The van der Waals surface area contributed by atoms with Gasteiger partial charge in [0.2, 0.25) is 5.88 Å². The second-order valence-electron chi connectivity index (χ2n) is 6.15. The van der Waals surface area contributed by atoms with Gasteiger partial charge in [0.15, 0.2) is 0 Å². The second-order valence-corrected chi connectivity index (χ2v) is 8.27. The highest BCUT2D eigenvalue weighted by Gasteiger charge is 2.19. The molecule has 8 nitrogen and oxygen atoms in total. The third kappa shape index (κ3) is 4.52. The zero-order valence-electron chi connectivity index (χ0n) is 15.8. The normalized spacial score (nSPS) is 11.2. The van der Waals surface area contributed by atoms with E-state index in [1.54, 1.807) is 26.0 Å². The Bertz CT molecular complexity index is 1160. The number of aromatic nitrogens is 1. The lowest BCUT2D eigenvalue weighted by Gasteiger charge is -2.11. The lowest BCUT2D eigenvalue weighted by molar-refractivity contribution is 0.102. The van der Waals surface area contributed by atoms with Crippen molar-refractivity contribution in [2.45, 2.75) is 18.7 Å². The van der Waals surface area contributed by atoms with Crippen molar-refractivity contribution in [1.82, 2.24) is 5.16 Å². The highest BCUT2D eigenvalue weighted by molar-refractivity contribution is 7.92. The molecule has 1 heterocycles. The Balaban J connectivity index is 1.77. The van der Waals surface area contributed by atoms with Crippen LogP contribution in [0.5, 0.6) is 5.75 Å². The van der Waals surface area contributed by atoms with E-state index in [1.165, 1.54) is 37.4 Å². The third-order valence-corrected chi connectivity index (χ3v) is 5.79. The molecule has 0 aliphatic heterocycles. The van der Waals surface area contributed by atoms with Crippen LogP contribution in [-0.2, 0) is 10.0 Å². The first-order valence-electron chi connectivity index (χ1n) is 8.42. The molecule has 2 N–H and O–H groups in total. The maximum absolute atomic E-state index is 12.5. The molecule has 152 valence electrons. The molecule has 0 saturated heterocycles. The molecule has 3 aromatic rings. The average Bonchev–Trinajstić information content (AvgIpc) is 3.00. The Hall–Kier alpha value is -3.04. The van der Waals surface area contributed by atoms with E-state index in [2.05, 4.69) is 15.2 Å². The summed E-state index contributed by atoms with van der Waals surface area (Å²) >= 11 is 5.95. The fourth-order valence-electron chi connectivity index (χ4n) is 2.46. The standard InChI is InChI=1S/C19H18ClN3O5S/c1-11-12(2)22-28-19(11)23-29(25,26)15-7-5-14(6-8-15)21-18(24)16-10-13(20)4-9-17(16)27-3/h4-10,23H,1-3H3,(H,21,24). The van der Waals surface area contributed by atoms with Crippen molar-refractivity contribution in [3.63, 3.8) is 0 Å². The summed E-state index contributed by atoms with van der Waals surface area (Å²) in [5, 5.41) is 6.79. The summed E-state index contributed by atoms with van der Waals surface area (Å²) in [5.41, 5.74) is 1.86. The van der Waals surface area contributed by atoms with E-state index in [0.29, 0.717) is 27.7 Å². The Morgan fingerprint density at radius 3 is 2.41 bits per heavy atom. The lowest BCUT2D eigenvalue weighted by Crippen LogP contribution is -2.15. The number of nitrogens with zero attached hydrogens (tertiary/aromatic N) is 1. The molecule has 0 aliphatic carbocycles. The number of aryl methyl sites for hydroxylation is 1. The second kappa shape index (κ2) is 8.14. The zero-order valence-corrected chi connectivity index (χ0v) is 17.4. The predicted molar refractivity (Wildman–Crippen MR) is 109 cm³/mol. The van der Waals surface area contributed by atoms with Crippen LogP contribution in [0, 0.1) is 13.8 Å². The number of hydrogen-bond acceptors (Lipinski definition) is 6. The van der Waals surface area contributed by atoms with Gasteiger partial charge in [0, 0.05) is 16.3 Å². The molecule has 0 saturated carbocycles. The summed E-state index contributed by atoms with van der Waals surface area (Å²) in [6.45, 7) is 3.41. The maximum atomic E-state index is 12.5. The van der Waals surface area contributed by atoms with Crippen LogP contribution in [0.1, 0.15) is 21.6 Å². The Morgan fingerprint density at radius 2 is 1.83 bits per heavy atom. The van der Waals surface area contributed by atoms with Crippen molar-refractivity contribution in [3.05, 3.63) is 64.3 Å². The van der Waals surface area contributed by atoms with E-state index >= 15 is 0 Å². The topological polar surface area (TPSA) is 111 Å². The van der Waals surface area contributed by atoms with E-state index in [-0.39, 0.29) is 16.3 Å². The van der Waals surface area contributed by atoms with E-state index in [0.717, 1.165) is 0 Å². The van der Waals surface area contributed by atoms with Crippen LogP contribution in [0.15, 0.2) is 51.9 Å². The molecule has 10 heteroatoms. The lowest BCUT2D eigenvalue weighted by atomic mass is 10.2. The molecule has 2 aromatic carbocycles. The average molecular weight is 436 g/mol. The minimum absolute atomic E-state index is 0.00397. The van der Waals surface area contributed by atoms with Crippen molar-refractivity contribution in [2.75, 3.05) is 17.1 Å². The molecule has 0 radical (unpaired) electrons. The van der Waals surface area contributed by atoms with Crippen molar-refractivity contribution in [3.8, 4) is 5.75 Å². The number of sulfonamides is 1. The van der Waals surface area contributed by atoms with Crippen molar-refractivity contribution in [2.24, 2.45) is 0 Å². The van der Waals surface area contributed by atoms with Crippen molar-refractivity contribution in [1.29, 1.82) is 0 Å². The molecule has 0 spiro atoms. The number of ether oxygens (including phenoxy) is 1. The Labute approximate surface area is 172 Å². The SMILES string of the molecule is COc1ccc(Cl)cc1C(=O)Nc1ccc(S(=O)(=O)Nc2onc(C)c2C)cc1. The number of carbonyl (C=O) groups is 1. The molecule has 29 heavy (non-hydrogen) atoms. The van der Waals surface area contributed by atoms with Crippen LogP contribution in [-0.4, -0.2) is 26.6 Å². The van der Waals surface area contributed by atoms with Crippen LogP contribution in [0.3, 0.4) is 0 Å². The molecule has 0 unspecified atom stereocenters. The van der Waals surface area contributed by atoms with Gasteiger partial charge in [0.05, 0.1) is 23.3 Å². The summed E-state index contributed by atoms with van der Waals surface area (Å²) in [7, 11) is -2.42. The molecule has 3 rings (SSSR count). The quantitative estimate of drug-likeness (QED) is 0.605. The summed E-state index contributed by atoms with van der Waals surface area (Å²) < 4.78 is 37.6. The molecular weight excluding hydrogens is 418 g/mol. The van der Waals surface area contributed by atoms with Gasteiger partial charge in [-0.25, -0.2) is 13.1 Å². The van der Waals surface area contributed by atoms with E-state index in [1.807, 2.05) is 0 Å². The van der Waals surface area contributed by atoms with Crippen LogP contribution in [0.25, 0.3) is 0 Å². The van der Waals surface area contributed by atoms with Gasteiger partial charge in [0.1, 0.15) is 5.75 Å². The van der Waals surface area contributed by atoms with Gasteiger partial charge in [-0.15, -0.1) is 0 Å². The first-order chi connectivity index (χ1) is 13.7. The number of nitrogens with one attached hydrogen (secondary N) is 2. The number of carbonyl (C=O) groups excluding carboxylic acids is 1. The number of amides is 1. The van der Waals surface area contributed by atoms with Gasteiger partial charge in [-0.2, -0.15) is 0 Å². The summed E-state index contributed by atoms with van der Waals surface area (Å²) in [5.74, 6) is -0.00760. The van der Waals surface area contributed by atoms with Crippen LogP contribution >= 0.6 is 11.6 Å². The number of rotatable bonds is 6. The molecule has 0 atom stereocenters. The first kappa shape index (κ1) is 20.7. The smallest absolute Gasteiger partial charge is 0.264 e. The molecule has 0 fully saturated rings. The van der Waals surface area contributed by atoms with Gasteiger partial charge in [0.25, 0.3) is 15.9 Å². The molecule has 1 aromatic heterocycles. The van der Waals surface area contributed by atoms with E-state index < -0.39 is 15.9 Å². The predicted octanol–water partition coefficient (Wildman–Crippen LogP) is 4.01. The van der Waals surface area contributed by atoms with Crippen LogP contribution in [0.4, 0.5) is 11.6 Å². The van der Waals surface area contributed by atoms with Crippen LogP contribution in [0.2, 0.25) is 5.02 Å². The number of benzene rings is 2. The van der Waals surface area contributed by atoms with Gasteiger partial charge in [-0.3, -0.25) is 4.79 Å². The fraction of sp³-hybridized carbons (Fsp3) is 0.158. The number of halogens is 1. The summed E-state index contributed by atoms with van der Waals surface area (Å²) in [6.07, 6.45) is 0. The monoisotopic (exact) mass is 435 g/mol. The van der Waals surface area contributed by atoms with Gasteiger partial charge < -0.3 is 14.6 Å². The molecule has 1 amide bonds. The summed E-state index contributed by atoms with van der Waals surface area (Å²) in [4.78, 5) is 12.5. The van der Waals surface area contributed by atoms with Gasteiger partial charge in [-0.1, -0.05) is 16.8 Å². The highest BCUT2D eigenvalue weighted by atomic mass is 35.5. The minimum atomic E-state index is -3.87. The number of hydrogen-bond donors (Lipinski definition) is 2. The largest absolute Gasteiger partial charge is 0.496 e. The van der Waals surface area contributed by atoms with E-state index in [4.69, 9.17) is 20.9 Å². The molecule has 0 aliphatic rings. The van der Waals surface area contributed by atoms with Crippen molar-refractivity contribution < 1.29 is 22.5 Å². The van der Waals surface area contributed by atoms with E-state index in [9.17, 15) is 13.2 Å². The maximum Gasteiger partial charge on any atom is 0.264 e. The fourth-order valence-corrected chi connectivity index (χ4v) is 3.68. The van der Waals surface area contributed by atoms with Gasteiger partial charge >= 0.3 is 0 Å².